The number of thiazole rings is 1. The number of rotatable bonds is 4. The number of carbonyl (C=O) groups is 1. The van der Waals surface area contributed by atoms with Gasteiger partial charge in [-0.25, -0.2) is 4.98 Å². The van der Waals surface area contributed by atoms with Crippen molar-refractivity contribution in [2.75, 3.05) is 0 Å². The minimum Gasteiger partial charge on any atom is -0.481 e. The van der Waals surface area contributed by atoms with Crippen molar-refractivity contribution < 1.29 is 14.6 Å². The van der Waals surface area contributed by atoms with Crippen molar-refractivity contribution in [3.05, 3.63) is 16.1 Å². The van der Waals surface area contributed by atoms with Crippen molar-refractivity contribution in [2.24, 2.45) is 5.41 Å². The number of hydrogen-bond acceptors (Lipinski definition) is 4. The Labute approximate surface area is 110 Å². The summed E-state index contributed by atoms with van der Waals surface area (Å²) in [5, 5.41) is 9.59. The second-order valence-corrected chi connectivity index (χ2v) is 6.29. The van der Waals surface area contributed by atoms with Gasteiger partial charge < -0.3 is 9.84 Å². The van der Waals surface area contributed by atoms with Crippen molar-refractivity contribution in [3.63, 3.8) is 0 Å². The zero-order chi connectivity index (χ0) is 12.8. The molecule has 3 heterocycles. The van der Waals surface area contributed by atoms with Gasteiger partial charge in [0.2, 0.25) is 0 Å². The molecule has 3 rings (SSSR count). The molecule has 2 aliphatic rings. The molecular formula is C13H17NO3S. The summed E-state index contributed by atoms with van der Waals surface area (Å²) >= 11 is 1.62. The van der Waals surface area contributed by atoms with E-state index in [1.165, 1.54) is 4.88 Å². The van der Waals surface area contributed by atoms with Gasteiger partial charge in [0, 0.05) is 4.88 Å². The van der Waals surface area contributed by atoms with Crippen molar-refractivity contribution in [3.8, 4) is 0 Å². The number of nitrogens with zero attached hydrogens (tertiary/aromatic N) is 1. The summed E-state index contributed by atoms with van der Waals surface area (Å²) in [4.78, 5) is 17.1. The van der Waals surface area contributed by atoms with Crippen LogP contribution < -0.4 is 0 Å². The summed E-state index contributed by atoms with van der Waals surface area (Å²) in [5.41, 5.74) is 2.21. The SMILES string of the molecule is Cc1ncsc1CCC1(C(=O)O)CC2CCC1O2. The van der Waals surface area contributed by atoms with Crippen LogP contribution in [0.25, 0.3) is 0 Å². The monoisotopic (exact) mass is 267 g/mol. The quantitative estimate of drug-likeness (QED) is 0.910. The standard InChI is InChI=1S/C13H17NO3S/c1-8-10(18-7-14-8)4-5-13(12(15)16)6-9-2-3-11(13)17-9/h7,9,11H,2-6H2,1H3,(H,15,16). The predicted molar refractivity (Wildman–Crippen MR) is 67.8 cm³/mol. The van der Waals surface area contributed by atoms with Gasteiger partial charge in [0.05, 0.1) is 28.8 Å². The van der Waals surface area contributed by atoms with Gasteiger partial charge >= 0.3 is 5.97 Å². The molecule has 2 fully saturated rings. The normalized spacial score (nSPS) is 34.1. The zero-order valence-electron chi connectivity index (χ0n) is 10.4. The second kappa shape index (κ2) is 4.31. The summed E-state index contributed by atoms with van der Waals surface area (Å²) in [5.74, 6) is -0.683. The molecule has 2 bridgehead atoms. The molecule has 98 valence electrons. The van der Waals surface area contributed by atoms with E-state index in [1.807, 2.05) is 12.4 Å². The highest BCUT2D eigenvalue weighted by atomic mass is 32.1. The van der Waals surface area contributed by atoms with E-state index in [9.17, 15) is 9.90 Å². The average Bonchev–Trinajstić information content (AvgIpc) is 3.01. The van der Waals surface area contributed by atoms with Gasteiger partial charge in [-0.15, -0.1) is 11.3 Å². The van der Waals surface area contributed by atoms with Crippen LogP contribution >= 0.6 is 11.3 Å². The van der Waals surface area contributed by atoms with Gasteiger partial charge in [-0.05, 0) is 39.0 Å². The van der Waals surface area contributed by atoms with E-state index in [0.29, 0.717) is 12.8 Å². The van der Waals surface area contributed by atoms with Gasteiger partial charge in [0.1, 0.15) is 0 Å². The van der Waals surface area contributed by atoms with E-state index in [-0.39, 0.29) is 12.2 Å². The van der Waals surface area contributed by atoms with Crippen molar-refractivity contribution in [1.82, 2.24) is 4.98 Å². The second-order valence-electron chi connectivity index (χ2n) is 5.35. The largest absolute Gasteiger partial charge is 0.481 e. The zero-order valence-corrected chi connectivity index (χ0v) is 11.2. The number of hydrogen-bond donors (Lipinski definition) is 1. The molecule has 1 aromatic rings. The first-order chi connectivity index (χ1) is 8.62. The van der Waals surface area contributed by atoms with Crippen LogP contribution in [-0.2, 0) is 16.0 Å². The van der Waals surface area contributed by atoms with Crippen molar-refractivity contribution >= 4 is 17.3 Å². The van der Waals surface area contributed by atoms with E-state index in [2.05, 4.69) is 4.98 Å². The van der Waals surface area contributed by atoms with Crippen LogP contribution in [0.1, 0.15) is 36.3 Å². The molecule has 0 spiro atoms. The molecule has 5 heteroatoms. The van der Waals surface area contributed by atoms with Crippen LogP contribution in [0, 0.1) is 12.3 Å². The van der Waals surface area contributed by atoms with Crippen LogP contribution in [0.4, 0.5) is 0 Å². The Morgan fingerprint density at radius 2 is 2.50 bits per heavy atom. The highest BCUT2D eigenvalue weighted by molar-refractivity contribution is 7.09. The first kappa shape index (κ1) is 12.1. The lowest BCUT2D eigenvalue weighted by molar-refractivity contribution is -0.152. The Balaban J connectivity index is 1.76. The minimum absolute atomic E-state index is 0.0757. The van der Waals surface area contributed by atoms with E-state index in [4.69, 9.17) is 4.74 Å². The molecule has 4 nitrogen and oxygen atoms in total. The molecule has 0 amide bonds. The number of aliphatic carboxylic acids is 1. The summed E-state index contributed by atoms with van der Waals surface area (Å²) in [6, 6.07) is 0. The maximum atomic E-state index is 11.7. The maximum absolute atomic E-state index is 11.7. The molecule has 3 unspecified atom stereocenters. The van der Waals surface area contributed by atoms with Gasteiger partial charge in [-0.2, -0.15) is 0 Å². The fraction of sp³-hybridized carbons (Fsp3) is 0.692. The summed E-state index contributed by atoms with van der Waals surface area (Å²) in [7, 11) is 0. The molecular weight excluding hydrogens is 250 g/mol. The van der Waals surface area contributed by atoms with Crippen LogP contribution in [0.15, 0.2) is 5.51 Å². The molecule has 2 aliphatic heterocycles. The molecule has 1 aromatic heterocycles. The summed E-state index contributed by atoms with van der Waals surface area (Å²) in [6.45, 7) is 1.98. The number of fused-ring (bicyclic) bond motifs is 2. The Bertz CT molecular complexity index is 473. The van der Waals surface area contributed by atoms with E-state index in [1.54, 1.807) is 11.3 Å². The Kier molecular flexibility index (Phi) is 2.90. The maximum Gasteiger partial charge on any atom is 0.312 e. The molecule has 18 heavy (non-hydrogen) atoms. The van der Waals surface area contributed by atoms with Crippen LogP contribution in [0.3, 0.4) is 0 Å². The number of aryl methyl sites for hydroxylation is 2. The number of carboxylic acid groups (broad SMARTS) is 1. The van der Waals surface area contributed by atoms with E-state index >= 15 is 0 Å². The minimum atomic E-state index is -0.683. The first-order valence-corrected chi connectivity index (χ1v) is 7.27. The third-order valence-corrected chi connectivity index (χ3v) is 5.38. The average molecular weight is 267 g/mol. The van der Waals surface area contributed by atoms with Gasteiger partial charge in [-0.1, -0.05) is 0 Å². The molecule has 0 saturated carbocycles. The highest BCUT2D eigenvalue weighted by Gasteiger charge is 2.56. The summed E-state index contributed by atoms with van der Waals surface area (Å²) < 4.78 is 5.76. The van der Waals surface area contributed by atoms with E-state index in [0.717, 1.165) is 25.0 Å². The van der Waals surface area contributed by atoms with Gasteiger partial charge in [-0.3, -0.25) is 4.79 Å². The third-order valence-electron chi connectivity index (χ3n) is 4.38. The highest BCUT2D eigenvalue weighted by Crippen LogP contribution is 2.50. The predicted octanol–water partition coefficient (Wildman–Crippen LogP) is 2.41. The van der Waals surface area contributed by atoms with Crippen molar-refractivity contribution in [2.45, 2.75) is 51.2 Å². The Hall–Kier alpha value is -0.940. The van der Waals surface area contributed by atoms with Crippen molar-refractivity contribution in [1.29, 1.82) is 0 Å². The number of ether oxygens (including phenoxy) is 1. The fourth-order valence-corrected chi connectivity index (χ4v) is 4.08. The lowest BCUT2D eigenvalue weighted by Gasteiger charge is -2.30. The first-order valence-electron chi connectivity index (χ1n) is 6.39. The lowest BCUT2D eigenvalue weighted by atomic mass is 9.71. The van der Waals surface area contributed by atoms with Gasteiger partial charge in [0.15, 0.2) is 0 Å². The number of aromatic nitrogens is 1. The Morgan fingerprint density at radius 1 is 1.67 bits per heavy atom. The Morgan fingerprint density at radius 3 is 3.00 bits per heavy atom. The fourth-order valence-electron chi connectivity index (χ4n) is 3.30. The van der Waals surface area contributed by atoms with E-state index < -0.39 is 11.4 Å². The topological polar surface area (TPSA) is 59.4 Å². The number of carboxylic acids is 1. The van der Waals surface area contributed by atoms with Gasteiger partial charge in [0.25, 0.3) is 0 Å². The van der Waals surface area contributed by atoms with Crippen LogP contribution in [-0.4, -0.2) is 28.3 Å². The third kappa shape index (κ3) is 1.77. The summed E-state index contributed by atoms with van der Waals surface area (Å²) in [6.07, 6.45) is 4.19. The molecule has 0 aromatic carbocycles. The van der Waals surface area contributed by atoms with Crippen LogP contribution in [0.5, 0.6) is 0 Å². The molecule has 0 aliphatic carbocycles. The molecule has 0 radical (unpaired) electrons. The molecule has 3 atom stereocenters. The lowest BCUT2D eigenvalue weighted by Crippen LogP contribution is -2.40. The molecule has 2 saturated heterocycles. The smallest absolute Gasteiger partial charge is 0.312 e. The molecule has 1 N–H and O–H groups in total. The van der Waals surface area contributed by atoms with Crippen LogP contribution in [0.2, 0.25) is 0 Å².